The van der Waals surface area contributed by atoms with Crippen molar-refractivity contribution in [1.29, 1.82) is 0 Å². The molecule has 2 saturated heterocycles. The van der Waals surface area contributed by atoms with E-state index < -0.39 is 0 Å². The van der Waals surface area contributed by atoms with Crippen LogP contribution in [-0.2, 0) is 9.53 Å². The molecular weight excluding hydrogens is 228 g/mol. The zero-order valence-corrected chi connectivity index (χ0v) is 10.4. The Bertz CT molecular complexity index is 412. The predicted octanol–water partition coefficient (Wildman–Crippen LogP) is 0.360. The molecule has 3 heterocycles. The molecule has 0 aliphatic carbocycles. The summed E-state index contributed by atoms with van der Waals surface area (Å²) in [5, 5.41) is 3.42. The summed E-state index contributed by atoms with van der Waals surface area (Å²) < 4.78 is 5.47. The summed E-state index contributed by atoms with van der Waals surface area (Å²) >= 11 is 0. The molecule has 0 radical (unpaired) electrons. The number of amides is 1. The maximum absolute atomic E-state index is 12.3. The van der Waals surface area contributed by atoms with E-state index >= 15 is 0 Å². The number of rotatable bonds is 1. The zero-order chi connectivity index (χ0) is 12.5. The first-order valence-corrected chi connectivity index (χ1v) is 6.59. The molecule has 3 unspecified atom stereocenters. The predicted molar refractivity (Wildman–Crippen MR) is 67.5 cm³/mol. The third-order valence-electron chi connectivity index (χ3n) is 3.96. The first-order valence-electron chi connectivity index (χ1n) is 6.59. The van der Waals surface area contributed by atoms with Gasteiger partial charge in [-0.25, -0.2) is 0 Å². The summed E-state index contributed by atoms with van der Waals surface area (Å²) in [6.45, 7) is 3.72. The molecule has 3 aliphatic rings. The number of hydrogen-bond acceptors (Lipinski definition) is 3. The summed E-state index contributed by atoms with van der Waals surface area (Å²) in [5.74, 6) is 4.18. The van der Waals surface area contributed by atoms with Gasteiger partial charge >= 0.3 is 0 Å². The van der Waals surface area contributed by atoms with Crippen molar-refractivity contribution < 1.29 is 9.53 Å². The molecule has 1 amide bonds. The number of likely N-dealkylation sites (tertiary alicyclic amines) is 1. The number of piperidine rings is 2. The molecule has 3 atom stereocenters. The number of terminal acetylenes is 1. The largest absolute Gasteiger partial charge is 0.472 e. The molecule has 3 rings (SSSR count). The normalized spacial score (nSPS) is 34.5. The molecule has 0 aromatic rings. The lowest BCUT2D eigenvalue weighted by molar-refractivity contribution is -0.134. The average molecular weight is 246 g/mol. The van der Waals surface area contributed by atoms with Crippen LogP contribution in [0.3, 0.4) is 0 Å². The Morgan fingerprint density at radius 1 is 1.44 bits per heavy atom. The van der Waals surface area contributed by atoms with Crippen LogP contribution < -0.4 is 5.32 Å². The second-order valence-electron chi connectivity index (χ2n) is 5.41. The molecule has 1 N–H and O–H groups in total. The highest BCUT2D eigenvalue weighted by molar-refractivity contribution is 5.92. The van der Waals surface area contributed by atoms with Gasteiger partial charge in [-0.2, -0.15) is 0 Å². The fourth-order valence-corrected chi connectivity index (χ4v) is 3.13. The number of nitrogens with zero attached hydrogens (tertiary/aromatic N) is 1. The van der Waals surface area contributed by atoms with Gasteiger partial charge in [0.05, 0.1) is 0 Å². The smallest absolute Gasteiger partial charge is 0.288 e. The SMILES string of the molecule is C#CC1CC=C(C(=O)N2CC3CNCC(C3)C2)O1. The number of carbonyl (C=O) groups is 1. The Morgan fingerprint density at radius 2 is 2.17 bits per heavy atom. The molecule has 0 saturated carbocycles. The maximum atomic E-state index is 12.3. The number of carbonyl (C=O) groups excluding carboxylic acids is 1. The standard InChI is InChI=1S/C14H18N2O2/c1-2-12-3-4-13(18-12)14(17)16-8-10-5-11(9-16)7-15-6-10/h1,4,10-12,15H,3,5-9H2. The number of ether oxygens (including phenoxy) is 1. The van der Waals surface area contributed by atoms with Crippen molar-refractivity contribution in [3.63, 3.8) is 0 Å². The van der Waals surface area contributed by atoms with Crippen LogP contribution in [0.1, 0.15) is 12.8 Å². The molecule has 4 nitrogen and oxygen atoms in total. The second-order valence-corrected chi connectivity index (χ2v) is 5.41. The van der Waals surface area contributed by atoms with E-state index in [1.165, 1.54) is 6.42 Å². The highest BCUT2D eigenvalue weighted by Crippen LogP contribution is 2.27. The van der Waals surface area contributed by atoms with Gasteiger partial charge in [0, 0.05) is 19.5 Å². The molecule has 3 aliphatic heterocycles. The van der Waals surface area contributed by atoms with E-state index in [0.717, 1.165) is 26.2 Å². The lowest BCUT2D eigenvalue weighted by Crippen LogP contribution is -2.53. The van der Waals surface area contributed by atoms with Gasteiger partial charge < -0.3 is 15.0 Å². The van der Waals surface area contributed by atoms with Gasteiger partial charge in [0.15, 0.2) is 11.9 Å². The van der Waals surface area contributed by atoms with Gasteiger partial charge in [-0.3, -0.25) is 4.79 Å². The monoisotopic (exact) mass is 246 g/mol. The highest BCUT2D eigenvalue weighted by Gasteiger charge is 2.35. The molecule has 0 spiro atoms. The minimum absolute atomic E-state index is 0.0179. The first kappa shape index (κ1) is 11.6. The van der Waals surface area contributed by atoms with Crippen molar-refractivity contribution >= 4 is 5.91 Å². The van der Waals surface area contributed by atoms with Crippen LogP contribution in [0.4, 0.5) is 0 Å². The third kappa shape index (κ3) is 2.11. The zero-order valence-electron chi connectivity index (χ0n) is 10.4. The van der Waals surface area contributed by atoms with Gasteiger partial charge in [-0.15, -0.1) is 6.42 Å². The van der Waals surface area contributed by atoms with Crippen molar-refractivity contribution in [2.45, 2.75) is 18.9 Å². The fourth-order valence-electron chi connectivity index (χ4n) is 3.13. The third-order valence-corrected chi connectivity index (χ3v) is 3.96. The molecule has 0 aromatic carbocycles. The first-order chi connectivity index (χ1) is 8.76. The Balaban J connectivity index is 1.65. The van der Waals surface area contributed by atoms with Gasteiger partial charge in [0.25, 0.3) is 5.91 Å². The van der Waals surface area contributed by atoms with Crippen molar-refractivity contribution in [1.82, 2.24) is 10.2 Å². The number of nitrogens with one attached hydrogen (secondary N) is 1. The summed E-state index contributed by atoms with van der Waals surface area (Å²) in [4.78, 5) is 14.3. The Hall–Kier alpha value is -1.47. The molecule has 4 heteroatoms. The minimum Gasteiger partial charge on any atom is -0.472 e. The summed E-state index contributed by atoms with van der Waals surface area (Å²) in [5.41, 5.74) is 0. The van der Waals surface area contributed by atoms with E-state index in [4.69, 9.17) is 11.2 Å². The van der Waals surface area contributed by atoms with Crippen LogP contribution in [0, 0.1) is 24.2 Å². The van der Waals surface area contributed by atoms with Crippen LogP contribution in [0.5, 0.6) is 0 Å². The second kappa shape index (κ2) is 4.66. The van der Waals surface area contributed by atoms with Crippen molar-refractivity contribution in [3.8, 4) is 12.3 Å². The molecular formula is C14H18N2O2. The molecule has 18 heavy (non-hydrogen) atoms. The van der Waals surface area contributed by atoms with Crippen molar-refractivity contribution in [2.24, 2.45) is 11.8 Å². The van der Waals surface area contributed by atoms with Crippen LogP contribution >= 0.6 is 0 Å². The van der Waals surface area contributed by atoms with Gasteiger partial charge in [0.1, 0.15) is 0 Å². The van der Waals surface area contributed by atoms with Crippen LogP contribution in [0.15, 0.2) is 11.8 Å². The summed E-state index contributed by atoms with van der Waals surface area (Å²) in [7, 11) is 0. The van der Waals surface area contributed by atoms with Crippen LogP contribution in [-0.4, -0.2) is 43.1 Å². The van der Waals surface area contributed by atoms with E-state index in [1.54, 1.807) is 0 Å². The van der Waals surface area contributed by atoms with E-state index in [9.17, 15) is 4.79 Å². The average Bonchev–Trinajstić information content (AvgIpc) is 2.86. The fraction of sp³-hybridized carbons (Fsp3) is 0.643. The van der Waals surface area contributed by atoms with Gasteiger partial charge in [-0.1, -0.05) is 5.92 Å². The topological polar surface area (TPSA) is 41.6 Å². The Morgan fingerprint density at radius 3 is 2.78 bits per heavy atom. The van der Waals surface area contributed by atoms with E-state index in [2.05, 4.69) is 11.2 Å². The van der Waals surface area contributed by atoms with E-state index in [1.807, 2.05) is 11.0 Å². The lowest BCUT2D eigenvalue weighted by atomic mass is 9.86. The molecule has 96 valence electrons. The van der Waals surface area contributed by atoms with Crippen LogP contribution in [0.2, 0.25) is 0 Å². The molecule has 0 aromatic heterocycles. The van der Waals surface area contributed by atoms with Crippen molar-refractivity contribution in [2.75, 3.05) is 26.2 Å². The number of fused-ring (bicyclic) bond motifs is 2. The minimum atomic E-state index is -0.255. The maximum Gasteiger partial charge on any atom is 0.288 e. The van der Waals surface area contributed by atoms with Gasteiger partial charge in [0.2, 0.25) is 0 Å². The molecule has 2 bridgehead atoms. The number of hydrogen-bond donors (Lipinski definition) is 1. The quantitative estimate of drug-likeness (QED) is 0.679. The van der Waals surface area contributed by atoms with E-state index in [0.29, 0.717) is 24.0 Å². The summed E-state index contributed by atoms with van der Waals surface area (Å²) in [6, 6.07) is 0. The lowest BCUT2D eigenvalue weighted by Gasteiger charge is -2.41. The van der Waals surface area contributed by atoms with E-state index in [-0.39, 0.29) is 12.0 Å². The van der Waals surface area contributed by atoms with Crippen LogP contribution in [0.25, 0.3) is 0 Å². The van der Waals surface area contributed by atoms with Crippen molar-refractivity contribution in [3.05, 3.63) is 11.8 Å². The van der Waals surface area contributed by atoms with Gasteiger partial charge in [-0.05, 0) is 37.4 Å². The highest BCUT2D eigenvalue weighted by atomic mass is 16.5. The summed E-state index contributed by atoms with van der Waals surface area (Å²) in [6.07, 6.45) is 8.77. The molecule has 2 fully saturated rings. The Labute approximate surface area is 107 Å². The Kier molecular flexibility index (Phi) is 3.00.